The average Bonchev–Trinajstić information content (AvgIpc) is 2.16. The smallest absolute Gasteiger partial charge is 0.193 e. The number of carbonyl (C=O) groups excluding carboxylic acids is 1. The van der Waals surface area contributed by atoms with Crippen LogP contribution in [0.4, 0.5) is 0 Å². The highest BCUT2D eigenvalue weighted by Gasteiger charge is 2.05. The Bertz CT molecular complexity index is 600. The van der Waals surface area contributed by atoms with E-state index in [1.807, 2.05) is 0 Å². The molecule has 0 atom stereocenters. The molecular weight excluding hydrogens is 220 g/mol. The number of aromatic carboxylic acids is 1. The zero-order valence-corrected chi connectivity index (χ0v) is 8.08. The monoisotopic (exact) mass is 223 g/mol. The Balaban J connectivity index is 2.85. The zero-order valence-electron chi connectivity index (χ0n) is 7.32. The number of fused-ring (bicyclic) bond motifs is 1. The second kappa shape index (κ2) is 3.40. The van der Waals surface area contributed by atoms with Crippen molar-refractivity contribution in [3.05, 3.63) is 45.3 Å². The Morgan fingerprint density at radius 2 is 2.07 bits per heavy atom. The molecule has 0 radical (unpaired) electrons. The van der Waals surface area contributed by atoms with Gasteiger partial charge in [-0.05, 0) is 12.1 Å². The van der Waals surface area contributed by atoms with Gasteiger partial charge in [-0.2, -0.15) is 0 Å². The fourth-order valence-electron chi connectivity index (χ4n) is 1.23. The molecule has 15 heavy (non-hydrogen) atoms. The minimum atomic E-state index is -1.53. The van der Waals surface area contributed by atoms with Gasteiger partial charge in [-0.3, -0.25) is 4.79 Å². The molecule has 0 amide bonds. The zero-order chi connectivity index (χ0) is 11.0. The molecule has 0 unspecified atom stereocenters. The molecule has 0 fully saturated rings. The van der Waals surface area contributed by atoms with Gasteiger partial charge in [-0.25, -0.2) is 0 Å². The van der Waals surface area contributed by atoms with Crippen molar-refractivity contribution < 1.29 is 14.3 Å². The van der Waals surface area contributed by atoms with E-state index in [2.05, 4.69) is 0 Å². The van der Waals surface area contributed by atoms with Crippen LogP contribution in [0.1, 0.15) is 10.6 Å². The van der Waals surface area contributed by atoms with Crippen LogP contribution in [-0.2, 0) is 0 Å². The molecule has 2 aromatic rings. The highest BCUT2D eigenvalue weighted by molar-refractivity contribution is 6.31. The minimum Gasteiger partial charge on any atom is -0.542 e. The summed E-state index contributed by atoms with van der Waals surface area (Å²) in [6.07, 6.45) is 0. The van der Waals surface area contributed by atoms with Crippen LogP contribution in [0.5, 0.6) is 0 Å². The molecule has 1 aromatic heterocycles. The van der Waals surface area contributed by atoms with Gasteiger partial charge in [0.2, 0.25) is 0 Å². The van der Waals surface area contributed by atoms with Gasteiger partial charge in [0, 0.05) is 17.2 Å². The molecule has 0 aliphatic carbocycles. The summed E-state index contributed by atoms with van der Waals surface area (Å²) in [7, 11) is 0. The van der Waals surface area contributed by atoms with Gasteiger partial charge >= 0.3 is 0 Å². The third-order valence-corrected chi connectivity index (χ3v) is 2.13. The van der Waals surface area contributed by atoms with Crippen LogP contribution >= 0.6 is 11.6 Å². The number of carbonyl (C=O) groups is 1. The molecule has 1 heterocycles. The van der Waals surface area contributed by atoms with E-state index in [4.69, 9.17) is 16.0 Å². The number of carboxylic acid groups (broad SMARTS) is 1. The molecule has 2 rings (SSSR count). The first-order valence-electron chi connectivity index (χ1n) is 4.02. The topological polar surface area (TPSA) is 70.3 Å². The van der Waals surface area contributed by atoms with Crippen molar-refractivity contribution in [2.24, 2.45) is 0 Å². The van der Waals surface area contributed by atoms with Crippen molar-refractivity contribution in [3.8, 4) is 0 Å². The summed E-state index contributed by atoms with van der Waals surface area (Å²) in [6.45, 7) is 0. The molecule has 5 heteroatoms. The predicted molar refractivity (Wildman–Crippen MR) is 51.8 cm³/mol. The summed E-state index contributed by atoms with van der Waals surface area (Å²) in [5.41, 5.74) is -0.304. The fourth-order valence-corrected chi connectivity index (χ4v) is 1.39. The van der Waals surface area contributed by atoms with E-state index >= 15 is 0 Å². The first-order valence-corrected chi connectivity index (χ1v) is 4.40. The Labute approximate surface area is 88.7 Å². The standard InChI is InChI=1S/C10H5ClO4/c11-5-1-2-6-7(12)4-9(10(13)14)15-8(6)3-5/h1-4H,(H,13,14)/p-1. The summed E-state index contributed by atoms with van der Waals surface area (Å²) < 4.78 is 4.94. The highest BCUT2D eigenvalue weighted by Crippen LogP contribution is 2.17. The maximum Gasteiger partial charge on any atom is 0.193 e. The lowest BCUT2D eigenvalue weighted by molar-refractivity contribution is -0.257. The van der Waals surface area contributed by atoms with E-state index in [1.54, 1.807) is 0 Å². The lowest BCUT2D eigenvalue weighted by Crippen LogP contribution is -2.23. The van der Waals surface area contributed by atoms with E-state index in [-0.39, 0.29) is 11.0 Å². The summed E-state index contributed by atoms with van der Waals surface area (Å²) in [6, 6.07) is 5.26. The predicted octanol–water partition coefficient (Wildman–Crippen LogP) is 0.810. The number of benzene rings is 1. The molecule has 0 spiro atoms. The second-order valence-corrected chi connectivity index (χ2v) is 3.34. The molecule has 0 saturated carbocycles. The van der Waals surface area contributed by atoms with Crippen molar-refractivity contribution in [1.29, 1.82) is 0 Å². The molecule has 0 N–H and O–H groups in total. The normalized spacial score (nSPS) is 10.5. The third kappa shape index (κ3) is 1.71. The average molecular weight is 224 g/mol. The van der Waals surface area contributed by atoms with Gasteiger partial charge in [-0.15, -0.1) is 0 Å². The Kier molecular flexibility index (Phi) is 2.21. The van der Waals surface area contributed by atoms with Crippen molar-refractivity contribution in [2.75, 3.05) is 0 Å². The Hall–Kier alpha value is -1.81. The molecule has 76 valence electrons. The number of halogens is 1. The van der Waals surface area contributed by atoms with Crippen molar-refractivity contribution in [3.63, 3.8) is 0 Å². The van der Waals surface area contributed by atoms with Crippen LogP contribution in [0.2, 0.25) is 5.02 Å². The molecular formula is C10H4ClO4-. The third-order valence-electron chi connectivity index (χ3n) is 1.89. The first kappa shape index (κ1) is 9.73. The van der Waals surface area contributed by atoms with E-state index in [9.17, 15) is 14.7 Å². The van der Waals surface area contributed by atoms with Crippen molar-refractivity contribution in [1.82, 2.24) is 0 Å². The summed E-state index contributed by atoms with van der Waals surface area (Å²) in [4.78, 5) is 21.9. The van der Waals surface area contributed by atoms with Crippen LogP contribution < -0.4 is 10.5 Å². The number of rotatable bonds is 1. The number of hydrogen-bond donors (Lipinski definition) is 0. The summed E-state index contributed by atoms with van der Waals surface area (Å²) in [5, 5.41) is 11.1. The highest BCUT2D eigenvalue weighted by atomic mass is 35.5. The van der Waals surface area contributed by atoms with Gasteiger partial charge in [0.05, 0.1) is 5.39 Å². The molecule has 1 aromatic carbocycles. The quantitative estimate of drug-likeness (QED) is 0.717. The van der Waals surface area contributed by atoms with Crippen LogP contribution in [0.3, 0.4) is 0 Å². The lowest BCUT2D eigenvalue weighted by Gasteiger charge is -2.02. The van der Waals surface area contributed by atoms with Gasteiger partial charge in [0.25, 0.3) is 0 Å². The lowest BCUT2D eigenvalue weighted by atomic mass is 10.2. The molecule has 0 bridgehead atoms. The largest absolute Gasteiger partial charge is 0.542 e. The van der Waals surface area contributed by atoms with Crippen LogP contribution in [0.15, 0.2) is 33.5 Å². The number of carboxylic acids is 1. The molecule has 4 nitrogen and oxygen atoms in total. The molecule has 0 saturated heterocycles. The summed E-state index contributed by atoms with van der Waals surface area (Å²) in [5.74, 6) is -2.04. The van der Waals surface area contributed by atoms with Gasteiger partial charge in [-0.1, -0.05) is 11.6 Å². The van der Waals surface area contributed by atoms with E-state index in [0.29, 0.717) is 5.02 Å². The van der Waals surface area contributed by atoms with E-state index in [1.165, 1.54) is 18.2 Å². The Morgan fingerprint density at radius 3 is 2.73 bits per heavy atom. The van der Waals surface area contributed by atoms with E-state index < -0.39 is 17.2 Å². The van der Waals surface area contributed by atoms with Crippen LogP contribution in [0, 0.1) is 0 Å². The van der Waals surface area contributed by atoms with Crippen LogP contribution in [-0.4, -0.2) is 5.97 Å². The van der Waals surface area contributed by atoms with Gasteiger partial charge < -0.3 is 14.3 Å². The fraction of sp³-hybridized carbons (Fsp3) is 0. The maximum atomic E-state index is 11.4. The van der Waals surface area contributed by atoms with E-state index in [0.717, 1.165) is 6.07 Å². The molecule has 0 aliphatic heterocycles. The van der Waals surface area contributed by atoms with Crippen LogP contribution in [0.25, 0.3) is 11.0 Å². The van der Waals surface area contributed by atoms with Gasteiger partial charge in [0.15, 0.2) is 11.2 Å². The first-order chi connectivity index (χ1) is 7.08. The van der Waals surface area contributed by atoms with Crippen molar-refractivity contribution in [2.45, 2.75) is 0 Å². The SMILES string of the molecule is O=C([O-])c1cc(=O)c2ccc(Cl)cc2o1. The van der Waals surface area contributed by atoms with Gasteiger partial charge in [0.1, 0.15) is 11.6 Å². The summed E-state index contributed by atoms with van der Waals surface area (Å²) >= 11 is 5.68. The maximum absolute atomic E-state index is 11.4. The molecule has 0 aliphatic rings. The number of hydrogen-bond acceptors (Lipinski definition) is 4. The second-order valence-electron chi connectivity index (χ2n) is 2.90. The Morgan fingerprint density at radius 1 is 1.33 bits per heavy atom. The minimum absolute atomic E-state index is 0.134. The van der Waals surface area contributed by atoms with Crippen molar-refractivity contribution >= 4 is 28.5 Å².